The van der Waals surface area contributed by atoms with E-state index < -0.39 is 5.97 Å². The SMILES string of the molecule is C=CC(=O)OCCOCCOCCOCCOCCCOCCCOCCCOCCCOCCCOCCCOCCCOCCCOCCCOCCCCCCCC. The van der Waals surface area contributed by atoms with Crippen LogP contribution in [0.1, 0.15) is 103 Å². The first-order valence-electron chi connectivity index (χ1n) is 23.6. The van der Waals surface area contributed by atoms with E-state index in [-0.39, 0.29) is 6.61 Å². The van der Waals surface area contributed by atoms with E-state index in [1.54, 1.807) is 0 Å². The Kier molecular flexibility index (Phi) is 55.5. The fourth-order valence-corrected chi connectivity index (χ4v) is 5.29. The maximum Gasteiger partial charge on any atom is 0.330 e. The van der Waals surface area contributed by atoms with Crippen LogP contribution in [0.15, 0.2) is 12.7 Å². The van der Waals surface area contributed by atoms with Gasteiger partial charge in [-0.25, -0.2) is 4.79 Å². The van der Waals surface area contributed by atoms with E-state index in [0.29, 0.717) is 126 Å². The summed E-state index contributed by atoms with van der Waals surface area (Å²) >= 11 is 0. The van der Waals surface area contributed by atoms with Crippen molar-refractivity contribution in [3.8, 4) is 0 Å². The molecule has 0 rings (SSSR count). The lowest BCUT2D eigenvalue weighted by molar-refractivity contribution is -0.139. The van der Waals surface area contributed by atoms with Crippen molar-refractivity contribution in [3.05, 3.63) is 12.7 Å². The van der Waals surface area contributed by atoms with Gasteiger partial charge in [-0.15, -0.1) is 0 Å². The summed E-state index contributed by atoms with van der Waals surface area (Å²) in [6.45, 7) is 22.7. The lowest BCUT2D eigenvalue weighted by atomic mass is 10.1. The molecule has 0 aromatic heterocycles. The predicted octanol–water partition coefficient (Wildman–Crippen LogP) is 6.80. The molecule has 61 heavy (non-hydrogen) atoms. The van der Waals surface area contributed by atoms with E-state index >= 15 is 0 Å². The third-order valence-corrected chi connectivity index (χ3v) is 8.59. The van der Waals surface area contributed by atoms with Gasteiger partial charge in [-0.1, -0.05) is 45.6 Å². The Morgan fingerprint density at radius 2 is 0.475 bits per heavy atom. The van der Waals surface area contributed by atoms with Gasteiger partial charge in [0.15, 0.2) is 0 Å². The average Bonchev–Trinajstić information content (AvgIpc) is 3.27. The molecule has 0 aromatic rings. The zero-order chi connectivity index (χ0) is 43.9. The monoisotopic (exact) mass is 883 g/mol. The van der Waals surface area contributed by atoms with Gasteiger partial charge >= 0.3 is 5.97 Å². The number of esters is 1. The molecule has 15 heteroatoms. The fraction of sp³-hybridized carbons (Fsp3) is 0.935. The highest BCUT2D eigenvalue weighted by Crippen LogP contribution is 2.05. The van der Waals surface area contributed by atoms with Gasteiger partial charge in [-0.3, -0.25) is 0 Å². The van der Waals surface area contributed by atoms with E-state index in [1.807, 2.05) is 0 Å². The second-order valence-corrected chi connectivity index (χ2v) is 14.3. The third kappa shape index (κ3) is 56.7. The van der Waals surface area contributed by atoms with Crippen LogP contribution in [0.2, 0.25) is 0 Å². The van der Waals surface area contributed by atoms with Gasteiger partial charge in [0.1, 0.15) is 6.61 Å². The van der Waals surface area contributed by atoms with Crippen molar-refractivity contribution in [3.63, 3.8) is 0 Å². The number of rotatable bonds is 56. The third-order valence-electron chi connectivity index (χ3n) is 8.59. The lowest BCUT2D eigenvalue weighted by Gasteiger charge is -2.08. The zero-order valence-corrected chi connectivity index (χ0v) is 38.6. The van der Waals surface area contributed by atoms with Crippen LogP contribution in [0.4, 0.5) is 0 Å². The molecule has 0 unspecified atom stereocenters. The summed E-state index contributed by atoms with van der Waals surface area (Å²) in [5.74, 6) is -0.453. The van der Waals surface area contributed by atoms with Crippen molar-refractivity contribution >= 4 is 5.97 Å². The molecule has 0 aliphatic rings. The first-order valence-corrected chi connectivity index (χ1v) is 23.6. The molecule has 0 saturated heterocycles. The summed E-state index contributed by atoms with van der Waals surface area (Å²) in [6.07, 6.45) is 17.0. The Hall–Kier alpha value is -1.31. The molecule has 0 aliphatic heterocycles. The predicted molar refractivity (Wildman–Crippen MR) is 237 cm³/mol. The largest absolute Gasteiger partial charge is 0.460 e. The van der Waals surface area contributed by atoms with E-state index in [9.17, 15) is 4.79 Å². The summed E-state index contributed by atoms with van der Waals surface area (Å²) < 4.78 is 77.6. The van der Waals surface area contributed by atoms with Crippen LogP contribution >= 0.6 is 0 Å². The summed E-state index contributed by atoms with van der Waals surface area (Å²) in [4.78, 5) is 10.9. The lowest BCUT2D eigenvalue weighted by Crippen LogP contribution is -2.14. The minimum Gasteiger partial charge on any atom is -0.460 e. The van der Waals surface area contributed by atoms with Crippen molar-refractivity contribution in [2.75, 3.05) is 178 Å². The number of ether oxygens (including phenoxy) is 14. The van der Waals surface area contributed by atoms with Gasteiger partial charge in [0, 0.05) is 132 Å². The molecule has 15 nitrogen and oxygen atoms in total. The molecule has 0 amide bonds. The van der Waals surface area contributed by atoms with Crippen LogP contribution in [-0.4, -0.2) is 184 Å². The van der Waals surface area contributed by atoms with E-state index in [2.05, 4.69) is 13.5 Å². The number of carbonyl (C=O) groups excluding carboxylic acids is 1. The van der Waals surface area contributed by atoms with Crippen molar-refractivity contribution in [2.45, 2.75) is 103 Å². The molecule has 0 saturated carbocycles. The number of hydrogen-bond acceptors (Lipinski definition) is 15. The topological polar surface area (TPSA) is 146 Å². The van der Waals surface area contributed by atoms with E-state index in [0.717, 1.165) is 110 Å². The zero-order valence-electron chi connectivity index (χ0n) is 38.6. The number of hydrogen-bond donors (Lipinski definition) is 0. The van der Waals surface area contributed by atoms with Crippen LogP contribution in [0.3, 0.4) is 0 Å². The Labute approximate surface area is 370 Å². The summed E-state index contributed by atoms with van der Waals surface area (Å²) in [7, 11) is 0. The molecule has 0 bridgehead atoms. The summed E-state index contributed by atoms with van der Waals surface area (Å²) in [5.41, 5.74) is 0. The van der Waals surface area contributed by atoms with Crippen LogP contribution in [0.25, 0.3) is 0 Å². The molecule has 0 heterocycles. The van der Waals surface area contributed by atoms with Crippen LogP contribution < -0.4 is 0 Å². The minimum atomic E-state index is -0.453. The van der Waals surface area contributed by atoms with Gasteiger partial charge in [0.2, 0.25) is 0 Å². The standard InChI is InChI=1S/C46H90O15/c1-3-5-6-7-8-9-19-48-20-10-21-49-22-11-23-50-24-12-25-51-26-13-27-52-28-14-29-53-30-15-31-54-32-16-33-55-34-17-35-56-36-18-37-57-38-39-58-40-41-59-42-43-60-44-45-61-46(47)4-2/h4H,2-3,5-45H2,1H3. The Bertz CT molecular complexity index is 826. The van der Waals surface area contributed by atoms with Crippen LogP contribution in [0, 0.1) is 0 Å². The van der Waals surface area contributed by atoms with Crippen molar-refractivity contribution in [2.24, 2.45) is 0 Å². The molecule has 0 aromatic carbocycles. The van der Waals surface area contributed by atoms with Gasteiger partial charge in [-0.2, -0.15) is 0 Å². The first kappa shape index (κ1) is 59.7. The summed E-state index contributed by atoms with van der Waals surface area (Å²) in [5, 5.41) is 0. The molecule has 0 N–H and O–H groups in total. The maximum absolute atomic E-state index is 10.9. The highest BCUT2D eigenvalue weighted by atomic mass is 16.6. The van der Waals surface area contributed by atoms with Crippen molar-refractivity contribution in [1.29, 1.82) is 0 Å². The fourth-order valence-electron chi connectivity index (χ4n) is 5.29. The van der Waals surface area contributed by atoms with Gasteiger partial charge in [0.25, 0.3) is 0 Å². The second-order valence-electron chi connectivity index (χ2n) is 14.3. The first-order chi connectivity index (χ1) is 30.3. The van der Waals surface area contributed by atoms with E-state index in [1.165, 1.54) is 38.5 Å². The smallest absolute Gasteiger partial charge is 0.330 e. The highest BCUT2D eigenvalue weighted by molar-refractivity contribution is 5.81. The minimum absolute atomic E-state index is 0.204. The second kappa shape index (κ2) is 56.7. The molecular weight excluding hydrogens is 792 g/mol. The van der Waals surface area contributed by atoms with Crippen molar-refractivity contribution < 1.29 is 71.1 Å². The molecule has 0 aliphatic carbocycles. The Balaban J connectivity index is 3.07. The van der Waals surface area contributed by atoms with Gasteiger partial charge in [-0.05, 0) is 64.2 Å². The quantitative estimate of drug-likeness (QED) is 0.0358. The normalized spacial score (nSPS) is 11.5. The molecule has 0 fully saturated rings. The summed E-state index contributed by atoms with van der Waals surface area (Å²) in [6, 6.07) is 0. The van der Waals surface area contributed by atoms with E-state index in [4.69, 9.17) is 66.3 Å². The molecule has 0 spiro atoms. The Morgan fingerprint density at radius 3 is 0.738 bits per heavy atom. The maximum atomic E-state index is 10.9. The number of unbranched alkanes of at least 4 members (excludes halogenated alkanes) is 5. The van der Waals surface area contributed by atoms with Gasteiger partial charge < -0.3 is 66.3 Å². The van der Waals surface area contributed by atoms with Gasteiger partial charge in [0.05, 0.1) is 46.2 Å². The van der Waals surface area contributed by atoms with Crippen LogP contribution in [-0.2, 0) is 71.1 Å². The molecule has 0 radical (unpaired) electrons. The molecule has 0 atom stereocenters. The Morgan fingerprint density at radius 1 is 0.279 bits per heavy atom. The van der Waals surface area contributed by atoms with Crippen molar-refractivity contribution in [1.82, 2.24) is 0 Å². The average molecular weight is 883 g/mol. The number of carbonyl (C=O) groups is 1. The molecule has 364 valence electrons. The highest BCUT2D eigenvalue weighted by Gasteiger charge is 1.99. The van der Waals surface area contributed by atoms with Crippen LogP contribution in [0.5, 0.6) is 0 Å². The molecular formula is C46H90O15.